The lowest BCUT2D eigenvalue weighted by Gasteiger charge is -2.15. The molecule has 3 rings (SSSR count). The summed E-state index contributed by atoms with van der Waals surface area (Å²) in [5, 5.41) is 0. The van der Waals surface area contributed by atoms with Crippen LogP contribution in [-0.4, -0.2) is 5.78 Å². The Morgan fingerprint density at radius 2 is 1.61 bits per heavy atom. The third kappa shape index (κ3) is 5.36. The SMILES string of the molecule is O=C(C#CC1CCCCC1)c1ccccc1/C=C/c1ccc(C(F)(F)F)cc1. The maximum absolute atomic E-state index is 12.7. The van der Waals surface area contributed by atoms with Crippen LogP contribution in [0.25, 0.3) is 12.2 Å². The molecule has 4 heteroatoms. The predicted molar refractivity (Wildman–Crippen MR) is 105 cm³/mol. The quantitative estimate of drug-likeness (QED) is 0.252. The molecule has 0 heterocycles. The van der Waals surface area contributed by atoms with Gasteiger partial charge >= 0.3 is 6.18 Å². The smallest absolute Gasteiger partial charge is 0.279 e. The van der Waals surface area contributed by atoms with Gasteiger partial charge in [0.15, 0.2) is 0 Å². The van der Waals surface area contributed by atoms with Crippen LogP contribution in [0, 0.1) is 17.8 Å². The molecule has 0 atom stereocenters. The summed E-state index contributed by atoms with van der Waals surface area (Å²) in [6.45, 7) is 0. The molecule has 1 aliphatic carbocycles. The molecule has 1 fully saturated rings. The zero-order valence-electron chi connectivity index (χ0n) is 15.4. The van der Waals surface area contributed by atoms with Crippen molar-refractivity contribution < 1.29 is 18.0 Å². The van der Waals surface area contributed by atoms with E-state index < -0.39 is 11.7 Å². The van der Waals surface area contributed by atoms with Crippen LogP contribution >= 0.6 is 0 Å². The Labute approximate surface area is 163 Å². The van der Waals surface area contributed by atoms with Crippen LogP contribution in [0.2, 0.25) is 0 Å². The maximum Gasteiger partial charge on any atom is 0.416 e. The number of hydrogen-bond donors (Lipinski definition) is 0. The molecule has 0 amide bonds. The first kappa shape index (κ1) is 19.9. The minimum absolute atomic E-state index is 0.224. The van der Waals surface area contributed by atoms with Crippen LogP contribution in [0.15, 0.2) is 48.5 Å². The van der Waals surface area contributed by atoms with Crippen molar-refractivity contribution >= 4 is 17.9 Å². The molecule has 2 aromatic carbocycles. The standard InChI is InChI=1S/C24H21F3O/c25-24(26,27)21-15-11-19(12-16-21)10-14-20-8-4-5-9-22(20)23(28)17-13-18-6-2-1-3-7-18/h4-5,8-12,14-16,18H,1-3,6-7H2/b14-10+. The normalized spacial score (nSPS) is 15.2. The van der Waals surface area contributed by atoms with E-state index in [4.69, 9.17) is 0 Å². The van der Waals surface area contributed by atoms with Gasteiger partial charge in [-0.2, -0.15) is 13.2 Å². The molecule has 0 aliphatic heterocycles. The zero-order chi connectivity index (χ0) is 20.0. The van der Waals surface area contributed by atoms with Gasteiger partial charge in [0.05, 0.1) is 5.56 Å². The van der Waals surface area contributed by atoms with Gasteiger partial charge in [0.2, 0.25) is 5.78 Å². The van der Waals surface area contributed by atoms with Gasteiger partial charge in [-0.1, -0.05) is 67.7 Å². The summed E-state index contributed by atoms with van der Waals surface area (Å²) in [5.41, 5.74) is 1.15. The van der Waals surface area contributed by atoms with Gasteiger partial charge < -0.3 is 0 Å². The molecular formula is C24H21F3O. The minimum Gasteiger partial charge on any atom is -0.279 e. The van der Waals surface area contributed by atoms with Crippen molar-refractivity contribution in [3.8, 4) is 11.8 Å². The van der Waals surface area contributed by atoms with Crippen molar-refractivity contribution in [2.45, 2.75) is 38.3 Å². The van der Waals surface area contributed by atoms with Gasteiger partial charge in [-0.3, -0.25) is 4.79 Å². The van der Waals surface area contributed by atoms with Crippen molar-refractivity contribution in [1.29, 1.82) is 0 Å². The summed E-state index contributed by atoms with van der Waals surface area (Å²) in [7, 11) is 0. The first-order chi connectivity index (χ1) is 13.4. The fourth-order valence-corrected chi connectivity index (χ4v) is 3.30. The number of carbonyl (C=O) groups is 1. The molecule has 0 N–H and O–H groups in total. The summed E-state index contributed by atoms with van der Waals surface area (Å²) in [5.74, 6) is 5.97. The van der Waals surface area contributed by atoms with Gasteiger partial charge in [0.1, 0.15) is 0 Å². The second-order valence-corrected chi connectivity index (χ2v) is 6.97. The highest BCUT2D eigenvalue weighted by Crippen LogP contribution is 2.29. The van der Waals surface area contributed by atoms with Crippen LogP contribution < -0.4 is 0 Å². The number of ketones is 1. The Bertz CT molecular complexity index is 905. The predicted octanol–water partition coefficient (Wildman–Crippen LogP) is 6.64. The maximum atomic E-state index is 12.7. The van der Waals surface area contributed by atoms with E-state index in [1.165, 1.54) is 31.4 Å². The lowest BCUT2D eigenvalue weighted by atomic mass is 9.89. The Balaban J connectivity index is 1.75. The molecule has 0 spiro atoms. The van der Waals surface area contributed by atoms with E-state index in [2.05, 4.69) is 11.8 Å². The number of hydrogen-bond acceptors (Lipinski definition) is 1. The van der Waals surface area contributed by atoms with E-state index in [0.29, 0.717) is 22.6 Å². The summed E-state index contributed by atoms with van der Waals surface area (Å²) in [6.07, 6.45) is 4.76. The number of alkyl halides is 3. The van der Waals surface area contributed by atoms with Gasteiger partial charge in [0, 0.05) is 11.5 Å². The van der Waals surface area contributed by atoms with Crippen LogP contribution in [-0.2, 0) is 6.18 Å². The molecule has 0 saturated heterocycles. The van der Waals surface area contributed by atoms with Crippen LogP contribution in [0.3, 0.4) is 0 Å². The van der Waals surface area contributed by atoms with E-state index in [9.17, 15) is 18.0 Å². The van der Waals surface area contributed by atoms with Crippen LogP contribution in [0.5, 0.6) is 0 Å². The first-order valence-corrected chi connectivity index (χ1v) is 9.44. The van der Waals surface area contributed by atoms with Gasteiger partial charge in [-0.25, -0.2) is 0 Å². The molecule has 144 valence electrons. The molecule has 1 saturated carbocycles. The lowest BCUT2D eigenvalue weighted by molar-refractivity contribution is -0.137. The number of Topliss-reactive ketones (excluding diaryl/α,β-unsaturated/α-hetero) is 1. The molecule has 28 heavy (non-hydrogen) atoms. The highest BCUT2D eigenvalue weighted by molar-refractivity contribution is 6.11. The molecule has 0 radical (unpaired) electrons. The zero-order valence-corrected chi connectivity index (χ0v) is 15.4. The second kappa shape index (κ2) is 8.93. The van der Waals surface area contributed by atoms with Crippen molar-refractivity contribution in [2.24, 2.45) is 5.92 Å². The van der Waals surface area contributed by atoms with E-state index in [1.807, 2.05) is 6.07 Å². The summed E-state index contributed by atoms with van der Waals surface area (Å²) in [4.78, 5) is 12.5. The molecule has 2 aromatic rings. The number of halogens is 3. The monoisotopic (exact) mass is 382 g/mol. The van der Waals surface area contributed by atoms with E-state index in [1.54, 1.807) is 30.4 Å². The number of carbonyl (C=O) groups excluding carboxylic acids is 1. The fourth-order valence-electron chi connectivity index (χ4n) is 3.30. The molecule has 0 aromatic heterocycles. The van der Waals surface area contributed by atoms with E-state index in [0.717, 1.165) is 25.0 Å². The number of benzene rings is 2. The fraction of sp³-hybridized carbons (Fsp3) is 0.292. The summed E-state index contributed by atoms with van der Waals surface area (Å²) < 4.78 is 38.0. The van der Waals surface area contributed by atoms with Crippen LogP contribution in [0.1, 0.15) is 59.2 Å². The average Bonchev–Trinajstić information content (AvgIpc) is 2.71. The molecule has 1 nitrogen and oxygen atoms in total. The molecule has 0 bridgehead atoms. The van der Waals surface area contributed by atoms with Crippen molar-refractivity contribution in [3.63, 3.8) is 0 Å². The van der Waals surface area contributed by atoms with Crippen molar-refractivity contribution in [2.75, 3.05) is 0 Å². The summed E-state index contributed by atoms with van der Waals surface area (Å²) in [6, 6.07) is 12.0. The van der Waals surface area contributed by atoms with Crippen molar-refractivity contribution in [1.82, 2.24) is 0 Å². The minimum atomic E-state index is -4.35. The second-order valence-electron chi connectivity index (χ2n) is 6.97. The first-order valence-electron chi connectivity index (χ1n) is 9.44. The average molecular weight is 382 g/mol. The highest BCUT2D eigenvalue weighted by Gasteiger charge is 2.29. The van der Waals surface area contributed by atoms with Gasteiger partial charge in [-0.15, -0.1) is 0 Å². The Hall–Kier alpha value is -2.80. The molecule has 0 unspecified atom stereocenters. The largest absolute Gasteiger partial charge is 0.416 e. The number of rotatable bonds is 3. The topological polar surface area (TPSA) is 17.1 Å². The van der Waals surface area contributed by atoms with E-state index in [-0.39, 0.29) is 5.78 Å². The summed E-state index contributed by atoms with van der Waals surface area (Å²) >= 11 is 0. The Kier molecular flexibility index (Phi) is 6.36. The third-order valence-corrected chi connectivity index (χ3v) is 4.89. The van der Waals surface area contributed by atoms with Crippen LogP contribution in [0.4, 0.5) is 13.2 Å². The molecular weight excluding hydrogens is 361 g/mol. The Morgan fingerprint density at radius 3 is 2.29 bits per heavy atom. The van der Waals surface area contributed by atoms with Gasteiger partial charge in [-0.05, 0) is 48.1 Å². The Morgan fingerprint density at radius 1 is 0.929 bits per heavy atom. The highest BCUT2D eigenvalue weighted by atomic mass is 19.4. The third-order valence-electron chi connectivity index (χ3n) is 4.89. The van der Waals surface area contributed by atoms with Gasteiger partial charge in [0.25, 0.3) is 0 Å². The lowest BCUT2D eigenvalue weighted by Crippen LogP contribution is -2.05. The van der Waals surface area contributed by atoms with Crippen molar-refractivity contribution in [3.05, 3.63) is 70.8 Å². The molecule has 1 aliphatic rings. The van der Waals surface area contributed by atoms with E-state index >= 15 is 0 Å².